The lowest BCUT2D eigenvalue weighted by molar-refractivity contribution is 0.390. The van der Waals surface area contributed by atoms with Crippen molar-refractivity contribution in [1.29, 1.82) is 0 Å². The third-order valence-electron chi connectivity index (χ3n) is 3.98. The zero-order valence-corrected chi connectivity index (χ0v) is 11.4. The summed E-state index contributed by atoms with van der Waals surface area (Å²) in [4.78, 5) is 0. The van der Waals surface area contributed by atoms with Crippen LogP contribution in [0, 0.1) is 0 Å². The third-order valence-corrected chi connectivity index (χ3v) is 3.98. The van der Waals surface area contributed by atoms with Crippen molar-refractivity contribution < 1.29 is 0 Å². The second-order valence-electron chi connectivity index (χ2n) is 6.45. The summed E-state index contributed by atoms with van der Waals surface area (Å²) in [7, 11) is 0. The normalized spacial score (nSPS) is 25.9. The summed E-state index contributed by atoms with van der Waals surface area (Å²) in [6.45, 7) is 6.92. The molecule has 1 heteroatoms. The van der Waals surface area contributed by atoms with E-state index < -0.39 is 0 Å². The highest BCUT2D eigenvalue weighted by atomic mass is 14.6. The molecule has 1 aromatic carbocycles. The molecule has 0 bridgehead atoms. The summed E-state index contributed by atoms with van der Waals surface area (Å²) < 4.78 is 0. The van der Waals surface area contributed by atoms with Crippen molar-refractivity contribution in [2.75, 3.05) is 0 Å². The van der Waals surface area contributed by atoms with E-state index in [-0.39, 0.29) is 5.41 Å². The van der Waals surface area contributed by atoms with Crippen LogP contribution in [-0.4, -0.2) is 6.04 Å². The number of rotatable bonds is 1. The van der Waals surface area contributed by atoms with Crippen LogP contribution in [0.1, 0.15) is 63.5 Å². The number of hydrogen-bond donors (Lipinski definition) is 1. The van der Waals surface area contributed by atoms with Gasteiger partial charge in [-0.2, -0.15) is 0 Å². The third kappa shape index (κ3) is 2.90. The van der Waals surface area contributed by atoms with Gasteiger partial charge in [-0.3, -0.25) is 0 Å². The van der Waals surface area contributed by atoms with Crippen molar-refractivity contribution in [2.45, 2.75) is 63.8 Å². The molecule has 1 saturated carbocycles. The van der Waals surface area contributed by atoms with Crippen LogP contribution in [0.25, 0.3) is 0 Å². The van der Waals surface area contributed by atoms with E-state index in [2.05, 4.69) is 45.0 Å². The average Bonchev–Trinajstić information content (AvgIpc) is 2.29. The molecule has 1 aliphatic carbocycles. The Morgan fingerprint density at radius 1 is 1.00 bits per heavy atom. The molecule has 0 radical (unpaired) electrons. The summed E-state index contributed by atoms with van der Waals surface area (Å²) in [5.74, 6) is 0.727. The zero-order chi connectivity index (χ0) is 12.5. The van der Waals surface area contributed by atoms with Crippen LogP contribution in [0.15, 0.2) is 24.3 Å². The summed E-state index contributed by atoms with van der Waals surface area (Å²) in [6, 6.07) is 9.40. The topological polar surface area (TPSA) is 26.0 Å². The molecule has 0 heterocycles. The maximum atomic E-state index is 6.00. The predicted octanol–water partition coefficient (Wildman–Crippen LogP) is 3.97. The SMILES string of the molecule is CC(C)(C)c1ccccc1[C@H]1CC[C@H](N)CC1. The summed E-state index contributed by atoms with van der Waals surface area (Å²) in [5, 5.41) is 0. The maximum absolute atomic E-state index is 6.00. The molecule has 0 unspecified atom stereocenters. The van der Waals surface area contributed by atoms with Gasteiger partial charge < -0.3 is 5.73 Å². The maximum Gasteiger partial charge on any atom is 0.00392 e. The van der Waals surface area contributed by atoms with Crippen molar-refractivity contribution in [2.24, 2.45) is 5.73 Å². The molecule has 0 aliphatic heterocycles. The minimum absolute atomic E-state index is 0.246. The summed E-state index contributed by atoms with van der Waals surface area (Å²) >= 11 is 0. The summed E-state index contributed by atoms with van der Waals surface area (Å²) in [6.07, 6.45) is 4.88. The van der Waals surface area contributed by atoms with Crippen LogP contribution in [0.3, 0.4) is 0 Å². The Labute approximate surface area is 105 Å². The molecule has 0 amide bonds. The first-order chi connectivity index (χ1) is 7.98. The Morgan fingerprint density at radius 3 is 2.18 bits per heavy atom. The van der Waals surface area contributed by atoms with E-state index in [0.29, 0.717) is 6.04 Å². The van der Waals surface area contributed by atoms with E-state index in [9.17, 15) is 0 Å². The molecule has 1 fully saturated rings. The van der Waals surface area contributed by atoms with Crippen molar-refractivity contribution in [3.05, 3.63) is 35.4 Å². The van der Waals surface area contributed by atoms with Gasteiger partial charge in [-0.1, -0.05) is 45.0 Å². The Hall–Kier alpha value is -0.820. The molecule has 0 atom stereocenters. The first kappa shape index (κ1) is 12.6. The Balaban J connectivity index is 2.26. The van der Waals surface area contributed by atoms with E-state index in [1.165, 1.54) is 31.2 Å². The van der Waals surface area contributed by atoms with E-state index in [1.54, 1.807) is 5.56 Å². The standard InChI is InChI=1S/C16H25N/c1-16(2,3)15-7-5-4-6-14(15)12-8-10-13(17)11-9-12/h4-7,12-13H,8-11,17H2,1-3H3/t12-,13-. The molecule has 1 aromatic rings. The molecule has 2 N–H and O–H groups in total. The minimum Gasteiger partial charge on any atom is -0.328 e. The number of benzene rings is 1. The first-order valence-corrected chi connectivity index (χ1v) is 6.83. The van der Waals surface area contributed by atoms with E-state index in [4.69, 9.17) is 5.73 Å². The van der Waals surface area contributed by atoms with Gasteiger partial charge in [0, 0.05) is 6.04 Å². The average molecular weight is 231 g/mol. The molecular weight excluding hydrogens is 206 g/mol. The fourth-order valence-corrected chi connectivity index (χ4v) is 2.97. The Kier molecular flexibility index (Phi) is 3.58. The molecule has 1 aliphatic rings. The second kappa shape index (κ2) is 4.81. The highest BCUT2D eigenvalue weighted by Gasteiger charge is 2.25. The lowest BCUT2D eigenvalue weighted by atomic mass is 9.75. The van der Waals surface area contributed by atoms with Gasteiger partial charge in [0.25, 0.3) is 0 Å². The Morgan fingerprint density at radius 2 is 1.59 bits per heavy atom. The van der Waals surface area contributed by atoms with Crippen molar-refractivity contribution in [3.63, 3.8) is 0 Å². The lowest BCUT2D eigenvalue weighted by Crippen LogP contribution is -2.27. The molecule has 17 heavy (non-hydrogen) atoms. The summed E-state index contributed by atoms with van der Waals surface area (Å²) in [5.41, 5.74) is 9.32. The number of hydrogen-bond acceptors (Lipinski definition) is 1. The van der Waals surface area contributed by atoms with Gasteiger partial charge in [0.1, 0.15) is 0 Å². The van der Waals surface area contributed by atoms with E-state index >= 15 is 0 Å². The Bertz CT molecular complexity index is 367. The van der Waals surface area contributed by atoms with Gasteiger partial charge in [0.05, 0.1) is 0 Å². The van der Waals surface area contributed by atoms with Crippen LogP contribution in [0.4, 0.5) is 0 Å². The fourth-order valence-electron chi connectivity index (χ4n) is 2.97. The molecular formula is C16H25N. The second-order valence-corrected chi connectivity index (χ2v) is 6.45. The van der Waals surface area contributed by atoms with Crippen LogP contribution in [0.2, 0.25) is 0 Å². The van der Waals surface area contributed by atoms with Crippen molar-refractivity contribution in [1.82, 2.24) is 0 Å². The highest BCUT2D eigenvalue weighted by Crippen LogP contribution is 2.37. The van der Waals surface area contributed by atoms with Gasteiger partial charge in [0.2, 0.25) is 0 Å². The van der Waals surface area contributed by atoms with Crippen LogP contribution in [-0.2, 0) is 5.41 Å². The fraction of sp³-hybridized carbons (Fsp3) is 0.625. The molecule has 1 nitrogen and oxygen atoms in total. The largest absolute Gasteiger partial charge is 0.328 e. The minimum atomic E-state index is 0.246. The zero-order valence-electron chi connectivity index (χ0n) is 11.4. The first-order valence-electron chi connectivity index (χ1n) is 6.83. The molecule has 0 spiro atoms. The highest BCUT2D eigenvalue weighted by molar-refractivity contribution is 5.35. The lowest BCUT2D eigenvalue weighted by Gasteiger charge is -2.31. The van der Waals surface area contributed by atoms with Crippen molar-refractivity contribution in [3.8, 4) is 0 Å². The van der Waals surface area contributed by atoms with Crippen LogP contribution < -0.4 is 5.73 Å². The van der Waals surface area contributed by atoms with E-state index in [1.807, 2.05) is 0 Å². The van der Waals surface area contributed by atoms with Gasteiger partial charge in [-0.15, -0.1) is 0 Å². The predicted molar refractivity (Wildman–Crippen MR) is 74.3 cm³/mol. The smallest absolute Gasteiger partial charge is 0.00392 e. The van der Waals surface area contributed by atoms with Gasteiger partial charge in [0.15, 0.2) is 0 Å². The van der Waals surface area contributed by atoms with Crippen LogP contribution >= 0.6 is 0 Å². The molecule has 94 valence electrons. The number of nitrogens with two attached hydrogens (primary N) is 1. The monoisotopic (exact) mass is 231 g/mol. The van der Waals surface area contributed by atoms with E-state index in [0.717, 1.165) is 5.92 Å². The van der Waals surface area contributed by atoms with Crippen molar-refractivity contribution >= 4 is 0 Å². The van der Waals surface area contributed by atoms with Crippen LogP contribution in [0.5, 0.6) is 0 Å². The van der Waals surface area contributed by atoms with Gasteiger partial charge in [-0.05, 0) is 48.1 Å². The van der Waals surface area contributed by atoms with Gasteiger partial charge in [-0.25, -0.2) is 0 Å². The molecule has 2 rings (SSSR count). The van der Waals surface area contributed by atoms with Gasteiger partial charge >= 0.3 is 0 Å². The quantitative estimate of drug-likeness (QED) is 0.777. The molecule has 0 saturated heterocycles. The molecule has 0 aromatic heterocycles.